The van der Waals surface area contributed by atoms with E-state index in [4.69, 9.17) is 14.2 Å². The van der Waals surface area contributed by atoms with E-state index in [1.807, 2.05) is 6.08 Å². The van der Waals surface area contributed by atoms with Crippen LogP contribution in [0.15, 0.2) is 134 Å². The maximum absolute atomic E-state index is 12.9. The highest BCUT2D eigenvalue weighted by molar-refractivity contribution is 5.72. The summed E-state index contributed by atoms with van der Waals surface area (Å²) in [6, 6.07) is 0. The van der Waals surface area contributed by atoms with E-state index >= 15 is 0 Å². The van der Waals surface area contributed by atoms with Gasteiger partial charge >= 0.3 is 17.9 Å². The topological polar surface area (TPSA) is 78.9 Å². The van der Waals surface area contributed by atoms with Crippen LogP contribution in [0.5, 0.6) is 0 Å². The molecule has 0 bridgehead atoms. The molecule has 6 heteroatoms. The van der Waals surface area contributed by atoms with E-state index in [9.17, 15) is 14.4 Å². The smallest absolute Gasteiger partial charge is 0.309 e. The normalized spacial score (nSPS) is 13.0. The minimum Gasteiger partial charge on any atom is -0.462 e. The minimum atomic E-state index is -0.825. The Hall–Kier alpha value is -4.45. The molecule has 0 rings (SSSR count). The lowest BCUT2D eigenvalue weighted by Gasteiger charge is -2.18. The molecule has 0 aromatic rings. The zero-order valence-corrected chi connectivity index (χ0v) is 52.0. The van der Waals surface area contributed by atoms with E-state index in [-0.39, 0.29) is 31.6 Å². The molecular weight excluding hydrogens is 985 g/mol. The molecule has 0 aromatic carbocycles. The third-order valence-electron chi connectivity index (χ3n) is 13.9. The predicted octanol–water partition coefficient (Wildman–Crippen LogP) is 22.9. The lowest BCUT2D eigenvalue weighted by atomic mass is 10.0. The maximum Gasteiger partial charge on any atom is 0.309 e. The first-order chi connectivity index (χ1) is 39.5. The Morgan fingerprint density at radius 2 is 0.537 bits per heavy atom. The molecule has 6 nitrogen and oxygen atoms in total. The number of hydrogen-bond acceptors (Lipinski definition) is 6. The zero-order chi connectivity index (χ0) is 57.8. The molecule has 0 amide bonds. The van der Waals surface area contributed by atoms with Crippen molar-refractivity contribution in [3.63, 3.8) is 0 Å². The molecule has 0 N–H and O–H groups in total. The van der Waals surface area contributed by atoms with Crippen LogP contribution in [0.1, 0.15) is 297 Å². The number of unbranched alkanes of at least 4 members (excludes halogenated alkanes) is 27. The largest absolute Gasteiger partial charge is 0.462 e. The van der Waals surface area contributed by atoms with Crippen LogP contribution in [0, 0.1) is 0 Å². The Labute approximate surface area is 494 Å². The molecule has 0 aliphatic rings. The average Bonchev–Trinajstić information content (AvgIpc) is 3.46. The van der Waals surface area contributed by atoms with Crippen molar-refractivity contribution in [2.45, 2.75) is 303 Å². The van der Waals surface area contributed by atoms with Gasteiger partial charge in [-0.15, -0.1) is 0 Å². The fraction of sp³-hybridized carbons (Fsp3) is 0.662. The highest BCUT2D eigenvalue weighted by atomic mass is 16.6. The first kappa shape index (κ1) is 75.5. The molecule has 0 saturated carbocycles. The van der Waals surface area contributed by atoms with E-state index in [1.54, 1.807) is 6.08 Å². The summed E-state index contributed by atoms with van der Waals surface area (Å²) < 4.78 is 16.8. The van der Waals surface area contributed by atoms with E-state index < -0.39 is 12.1 Å². The van der Waals surface area contributed by atoms with E-state index in [0.717, 1.165) is 103 Å². The molecule has 0 aliphatic carbocycles. The molecule has 0 radical (unpaired) electrons. The van der Waals surface area contributed by atoms with Crippen molar-refractivity contribution in [1.29, 1.82) is 0 Å². The molecular formula is C74H122O6. The standard InChI is InChI=1S/C74H122O6/c1-4-7-10-13-16-19-22-25-28-30-32-33-34-35-36-37-38-39-40-41-42-44-46-49-52-55-58-61-64-67-73(76)79-70-71(69-78-72(75)66-63-60-57-54-51-48-45-27-24-21-18-15-12-9-6-3)80-74(77)68-65-62-59-56-53-50-47-43-31-29-26-23-20-17-14-11-8-5-2/h7,9-10,12,16,18-19,21,25,27-29,31-33,35-36,45,51,54,60,63,71H,4-6,8,11,13-15,17,20,22-24,26,30,34,37-44,46-50,52-53,55-59,61-62,64-70H2,1-3H3/b10-7-,12-9-,19-16-,21-18-,28-25-,31-29-,33-32-,36-35-,45-27-,54-51-,63-60-. The van der Waals surface area contributed by atoms with Crippen molar-refractivity contribution in [2.24, 2.45) is 0 Å². The quantitative estimate of drug-likeness (QED) is 0.0261. The van der Waals surface area contributed by atoms with Crippen molar-refractivity contribution in [2.75, 3.05) is 13.2 Å². The third kappa shape index (κ3) is 64.4. The van der Waals surface area contributed by atoms with E-state index in [2.05, 4.69) is 142 Å². The summed E-state index contributed by atoms with van der Waals surface area (Å²) in [6.07, 6.45) is 94.9. The highest BCUT2D eigenvalue weighted by Crippen LogP contribution is 2.16. The predicted molar refractivity (Wildman–Crippen MR) is 348 cm³/mol. The summed E-state index contributed by atoms with van der Waals surface area (Å²) in [5, 5.41) is 0. The molecule has 80 heavy (non-hydrogen) atoms. The van der Waals surface area contributed by atoms with Gasteiger partial charge in [-0.3, -0.25) is 14.4 Å². The van der Waals surface area contributed by atoms with Gasteiger partial charge in [-0.2, -0.15) is 0 Å². The lowest BCUT2D eigenvalue weighted by Crippen LogP contribution is -2.30. The Bertz CT molecular complexity index is 1700. The molecule has 0 fully saturated rings. The fourth-order valence-electron chi connectivity index (χ4n) is 9.01. The number of esters is 3. The van der Waals surface area contributed by atoms with Gasteiger partial charge < -0.3 is 14.2 Å². The Morgan fingerprint density at radius 1 is 0.275 bits per heavy atom. The van der Waals surface area contributed by atoms with Crippen molar-refractivity contribution < 1.29 is 28.6 Å². The lowest BCUT2D eigenvalue weighted by molar-refractivity contribution is -0.166. The minimum absolute atomic E-state index is 0.112. The monoisotopic (exact) mass is 1110 g/mol. The average molecular weight is 1110 g/mol. The molecule has 0 spiro atoms. The summed E-state index contributed by atoms with van der Waals surface area (Å²) in [5.74, 6) is -1.05. The number of ether oxygens (including phenoxy) is 3. The van der Waals surface area contributed by atoms with Gasteiger partial charge in [0.15, 0.2) is 6.10 Å². The van der Waals surface area contributed by atoms with Crippen molar-refractivity contribution >= 4 is 17.9 Å². The van der Waals surface area contributed by atoms with Gasteiger partial charge in [-0.25, -0.2) is 0 Å². The molecule has 0 aromatic heterocycles. The van der Waals surface area contributed by atoms with Crippen LogP contribution in [-0.2, 0) is 28.6 Å². The van der Waals surface area contributed by atoms with Crippen molar-refractivity contribution in [3.05, 3.63) is 134 Å². The third-order valence-corrected chi connectivity index (χ3v) is 13.9. The maximum atomic E-state index is 12.9. The second kappa shape index (κ2) is 67.1. The summed E-state index contributed by atoms with van der Waals surface area (Å²) in [5.41, 5.74) is 0. The Balaban J connectivity index is 4.36. The van der Waals surface area contributed by atoms with Crippen LogP contribution in [0.25, 0.3) is 0 Å². The first-order valence-electron chi connectivity index (χ1n) is 33.2. The molecule has 0 heterocycles. The number of rotatable bonds is 59. The van der Waals surface area contributed by atoms with Gasteiger partial charge in [0, 0.05) is 12.8 Å². The van der Waals surface area contributed by atoms with Gasteiger partial charge in [0.25, 0.3) is 0 Å². The zero-order valence-electron chi connectivity index (χ0n) is 52.0. The SMILES string of the molecule is CC/C=C\C/C=C\C/C=C\C/C=C\C/C=C\CCCCCCCCCCCCCCCC(=O)OCC(COC(=O)C/C=C\C/C=C\C/C=C\C/C=C\C/C=C\CC)OC(=O)CCCCCCCCC/C=C\CCCCCCCCC. The van der Waals surface area contributed by atoms with Gasteiger partial charge in [-0.1, -0.05) is 296 Å². The van der Waals surface area contributed by atoms with Crippen LogP contribution >= 0.6 is 0 Å². The van der Waals surface area contributed by atoms with Crippen LogP contribution in [-0.4, -0.2) is 37.2 Å². The second-order valence-corrected chi connectivity index (χ2v) is 21.6. The molecule has 1 atom stereocenters. The van der Waals surface area contributed by atoms with Crippen LogP contribution < -0.4 is 0 Å². The number of carbonyl (C=O) groups is 3. The summed E-state index contributed by atoms with van der Waals surface area (Å²) in [6.45, 7) is 6.34. The number of carbonyl (C=O) groups excluding carboxylic acids is 3. The number of hydrogen-bond donors (Lipinski definition) is 0. The van der Waals surface area contributed by atoms with Crippen molar-refractivity contribution in [1.82, 2.24) is 0 Å². The van der Waals surface area contributed by atoms with Gasteiger partial charge in [0.2, 0.25) is 0 Å². The summed E-state index contributed by atoms with van der Waals surface area (Å²) >= 11 is 0. The van der Waals surface area contributed by atoms with Gasteiger partial charge in [0.05, 0.1) is 6.42 Å². The summed E-state index contributed by atoms with van der Waals surface area (Å²) in [4.78, 5) is 38.3. The van der Waals surface area contributed by atoms with Gasteiger partial charge in [0.1, 0.15) is 13.2 Å². The molecule has 0 aliphatic heterocycles. The Kier molecular flexibility index (Phi) is 63.3. The highest BCUT2D eigenvalue weighted by Gasteiger charge is 2.19. The molecule has 1 unspecified atom stereocenters. The van der Waals surface area contributed by atoms with Gasteiger partial charge in [-0.05, 0) is 116 Å². The second-order valence-electron chi connectivity index (χ2n) is 21.6. The van der Waals surface area contributed by atoms with Crippen molar-refractivity contribution in [3.8, 4) is 0 Å². The Morgan fingerprint density at radius 3 is 0.887 bits per heavy atom. The summed E-state index contributed by atoms with van der Waals surface area (Å²) in [7, 11) is 0. The van der Waals surface area contributed by atoms with E-state index in [0.29, 0.717) is 12.8 Å². The van der Waals surface area contributed by atoms with E-state index in [1.165, 1.54) is 154 Å². The van der Waals surface area contributed by atoms with Crippen LogP contribution in [0.4, 0.5) is 0 Å². The molecule has 0 saturated heterocycles. The van der Waals surface area contributed by atoms with Crippen LogP contribution in [0.2, 0.25) is 0 Å². The van der Waals surface area contributed by atoms with Crippen LogP contribution in [0.3, 0.4) is 0 Å². The first-order valence-corrected chi connectivity index (χ1v) is 33.2. The fourth-order valence-corrected chi connectivity index (χ4v) is 9.01. The number of allylic oxidation sites excluding steroid dienone is 21. The molecule has 454 valence electrons.